The van der Waals surface area contributed by atoms with E-state index in [2.05, 4.69) is 17.2 Å². The Morgan fingerprint density at radius 3 is 3.24 bits per heavy atom. The van der Waals surface area contributed by atoms with Gasteiger partial charge in [-0.3, -0.25) is 4.79 Å². The second-order valence-electron chi connectivity index (χ2n) is 3.92. The molecule has 94 valence electrons. The zero-order valence-corrected chi connectivity index (χ0v) is 10.9. The maximum atomic E-state index is 12.3. The number of amides is 1. The summed E-state index contributed by atoms with van der Waals surface area (Å²) in [6.45, 7) is 3.97. The summed E-state index contributed by atoms with van der Waals surface area (Å²) in [5, 5.41) is 5.52. The number of carbonyl (C=O) groups excluding carboxylic acids is 1. The van der Waals surface area contributed by atoms with E-state index in [9.17, 15) is 4.79 Å². The van der Waals surface area contributed by atoms with E-state index in [1.54, 1.807) is 12.4 Å². The van der Waals surface area contributed by atoms with Crippen LogP contribution in [0.25, 0.3) is 0 Å². The lowest BCUT2D eigenvalue weighted by Crippen LogP contribution is -2.48. The minimum absolute atomic E-state index is 0.0119. The summed E-state index contributed by atoms with van der Waals surface area (Å²) in [4.78, 5) is 18.4. The average molecular weight is 255 g/mol. The molecule has 0 unspecified atom stereocenters. The molecule has 1 aliphatic heterocycles. The minimum Gasteiger partial charge on any atom is -0.377 e. The van der Waals surface area contributed by atoms with Crippen molar-refractivity contribution in [3.63, 3.8) is 0 Å². The van der Waals surface area contributed by atoms with E-state index in [0.29, 0.717) is 25.5 Å². The van der Waals surface area contributed by atoms with Crippen molar-refractivity contribution in [1.82, 2.24) is 9.88 Å². The van der Waals surface area contributed by atoms with Crippen LogP contribution in [-0.4, -0.2) is 48.6 Å². The molecule has 5 nitrogen and oxygen atoms in total. The van der Waals surface area contributed by atoms with Gasteiger partial charge in [-0.25, -0.2) is 4.98 Å². The van der Waals surface area contributed by atoms with Gasteiger partial charge in [0.1, 0.15) is 5.69 Å². The van der Waals surface area contributed by atoms with Crippen molar-refractivity contribution in [3.8, 4) is 0 Å². The molecule has 1 atom stereocenters. The molecule has 2 rings (SSSR count). The fourth-order valence-electron chi connectivity index (χ4n) is 1.89. The van der Waals surface area contributed by atoms with E-state index in [0.717, 1.165) is 11.6 Å². The molecule has 6 heteroatoms. The van der Waals surface area contributed by atoms with Crippen LogP contribution in [-0.2, 0) is 4.74 Å². The van der Waals surface area contributed by atoms with E-state index < -0.39 is 0 Å². The Morgan fingerprint density at radius 2 is 2.59 bits per heavy atom. The molecule has 1 saturated heterocycles. The number of thiazole rings is 1. The van der Waals surface area contributed by atoms with Gasteiger partial charge in [0.25, 0.3) is 5.91 Å². The summed E-state index contributed by atoms with van der Waals surface area (Å²) in [6, 6.07) is 0.177. The third-order valence-corrected chi connectivity index (χ3v) is 3.76. The second-order valence-corrected chi connectivity index (χ2v) is 4.78. The molecule has 0 bridgehead atoms. The third-order valence-electron chi connectivity index (χ3n) is 2.90. The SMILES string of the molecule is CC[C@H]1COCCN1C(=O)c1csc(NC)n1. The molecule has 1 N–H and O–H groups in total. The lowest BCUT2D eigenvalue weighted by Gasteiger charge is -2.34. The lowest BCUT2D eigenvalue weighted by molar-refractivity contribution is -0.00305. The molecular weight excluding hydrogens is 238 g/mol. The van der Waals surface area contributed by atoms with Gasteiger partial charge in [-0.1, -0.05) is 6.92 Å². The van der Waals surface area contributed by atoms with E-state index in [1.807, 2.05) is 4.90 Å². The van der Waals surface area contributed by atoms with Crippen LogP contribution in [0.1, 0.15) is 23.8 Å². The molecule has 0 saturated carbocycles. The van der Waals surface area contributed by atoms with Crippen molar-refractivity contribution in [3.05, 3.63) is 11.1 Å². The molecule has 0 radical (unpaired) electrons. The standard InChI is InChI=1S/C11H17N3O2S/c1-3-8-6-16-5-4-14(8)10(15)9-7-17-11(12-2)13-9/h7-8H,3-6H2,1-2H3,(H,12,13)/t8-/m0/s1. The number of nitrogens with zero attached hydrogens (tertiary/aromatic N) is 2. The van der Waals surface area contributed by atoms with Crippen molar-refractivity contribution in [1.29, 1.82) is 0 Å². The summed E-state index contributed by atoms with van der Waals surface area (Å²) in [5.41, 5.74) is 0.528. The predicted molar refractivity (Wildman–Crippen MR) is 67.6 cm³/mol. The Bertz CT molecular complexity index is 394. The van der Waals surface area contributed by atoms with Crippen LogP contribution < -0.4 is 5.32 Å². The molecule has 1 amide bonds. The number of nitrogens with one attached hydrogen (secondary N) is 1. The highest BCUT2D eigenvalue weighted by atomic mass is 32.1. The summed E-state index contributed by atoms with van der Waals surface area (Å²) in [6.07, 6.45) is 0.911. The average Bonchev–Trinajstić information content (AvgIpc) is 2.86. The topological polar surface area (TPSA) is 54.5 Å². The van der Waals surface area contributed by atoms with Gasteiger partial charge in [-0.15, -0.1) is 11.3 Å². The maximum absolute atomic E-state index is 12.3. The number of rotatable bonds is 3. The number of anilines is 1. The summed E-state index contributed by atoms with van der Waals surface area (Å²) < 4.78 is 5.39. The van der Waals surface area contributed by atoms with Crippen LogP contribution in [0.3, 0.4) is 0 Å². The van der Waals surface area contributed by atoms with Crippen molar-refractivity contribution < 1.29 is 9.53 Å². The highest BCUT2D eigenvalue weighted by Crippen LogP contribution is 2.19. The number of morpholine rings is 1. The first-order valence-corrected chi connectivity index (χ1v) is 6.66. The maximum Gasteiger partial charge on any atom is 0.273 e. The number of hydrogen-bond acceptors (Lipinski definition) is 5. The quantitative estimate of drug-likeness (QED) is 0.888. The number of ether oxygens (including phenoxy) is 1. The van der Waals surface area contributed by atoms with E-state index in [4.69, 9.17) is 4.74 Å². The Balaban J connectivity index is 2.12. The van der Waals surface area contributed by atoms with Crippen LogP contribution in [0.5, 0.6) is 0 Å². The van der Waals surface area contributed by atoms with Crippen LogP contribution >= 0.6 is 11.3 Å². The highest BCUT2D eigenvalue weighted by Gasteiger charge is 2.28. The van der Waals surface area contributed by atoms with Crippen molar-refractivity contribution in [2.45, 2.75) is 19.4 Å². The van der Waals surface area contributed by atoms with Crippen LogP contribution in [0.15, 0.2) is 5.38 Å². The first-order valence-electron chi connectivity index (χ1n) is 5.78. The second kappa shape index (κ2) is 5.46. The van der Waals surface area contributed by atoms with Crippen LogP contribution in [0, 0.1) is 0 Å². The van der Waals surface area contributed by atoms with Gasteiger partial charge in [0.05, 0.1) is 19.3 Å². The number of hydrogen-bond donors (Lipinski definition) is 1. The van der Waals surface area contributed by atoms with E-state index >= 15 is 0 Å². The lowest BCUT2D eigenvalue weighted by atomic mass is 10.1. The first kappa shape index (κ1) is 12.3. The van der Waals surface area contributed by atoms with Gasteiger partial charge in [0, 0.05) is 19.0 Å². The van der Waals surface area contributed by atoms with Gasteiger partial charge >= 0.3 is 0 Å². The summed E-state index contributed by atoms with van der Waals surface area (Å²) in [5.74, 6) is 0.0119. The molecule has 0 spiro atoms. The number of aromatic nitrogens is 1. The largest absolute Gasteiger partial charge is 0.377 e. The Kier molecular flexibility index (Phi) is 3.96. The smallest absolute Gasteiger partial charge is 0.273 e. The fraction of sp³-hybridized carbons (Fsp3) is 0.636. The molecular formula is C11H17N3O2S. The Morgan fingerprint density at radius 1 is 1.76 bits per heavy atom. The van der Waals surface area contributed by atoms with Gasteiger partial charge in [0.15, 0.2) is 5.13 Å². The van der Waals surface area contributed by atoms with Gasteiger partial charge in [0.2, 0.25) is 0 Å². The highest BCUT2D eigenvalue weighted by molar-refractivity contribution is 7.13. The van der Waals surface area contributed by atoms with Crippen LogP contribution in [0.4, 0.5) is 5.13 Å². The molecule has 17 heavy (non-hydrogen) atoms. The molecule has 0 aliphatic carbocycles. The molecule has 1 aromatic rings. The predicted octanol–water partition coefficient (Wildman–Crippen LogP) is 1.44. The zero-order valence-electron chi connectivity index (χ0n) is 10.1. The normalized spacial score (nSPS) is 20.4. The van der Waals surface area contributed by atoms with E-state index in [1.165, 1.54) is 11.3 Å². The molecule has 0 aromatic carbocycles. The summed E-state index contributed by atoms with van der Waals surface area (Å²) >= 11 is 1.45. The van der Waals surface area contributed by atoms with Crippen LogP contribution in [0.2, 0.25) is 0 Å². The van der Waals surface area contributed by atoms with Crippen molar-refractivity contribution in [2.24, 2.45) is 0 Å². The van der Waals surface area contributed by atoms with Gasteiger partial charge < -0.3 is 15.0 Å². The zero-order chi connectivity index (χ0) is 12.3. The Hall–Kier alpha value is -1.14. The molecule has 1 aromatic heterocycles. The minimum atomic E-state index is 0.0119. The molecule has 1 aliphatic rings. The first-order chi connectivity index (χ1) is 8.26. The molecule has 2 heterocycles. The van der Waals surface area contributed by atoms with E-state index in [-0.39, 0.29) is 11.9 Å². The van der Waals surface area contributed by atoms with Gasteiger partial charge in [-0.05, 0) is 6.42 Å². The summed E-state index contributed by atoms with van der Waals surface area (Å²) in [7, 11) is 1.80. The molecule has 1 fully saturated rings. The van der Waals surface area contributed by atoms with Crippen molar-refractivity contribution >= 4 is 22.4 Å². The van der Waals surface area contributed by atoms with Gasteiger partial charge in [-0.2, -0.15) is 0 Å². The third kappa shape index (κ3) is 2.58. The Labute approximate surface area is 105 Å². The fourth-order valence-corrected chi connectivity index (χ4v) is 2.54. The number of carbonyl (C=O) groups is 1. The van der Waals surface area contributed by atoms with Crippen molar-refractivity contribution in [2.75, 3.05) is 32.1 Å². The monoisotopic (exact) mass is 255 g/mol.